The van der Waals surface area contributed by atoms with Crippen molar-refractivity contribution in [3.63, 3.8) is 0 Å². The molecular formula is C8H12ClN3. The average molecular weight is 186 g/mol. The molecule has 4 heteroatoms. The molecule has 0 unspecified atom stereocenters. The van der Waals surface area contributed by atoms with Gasteiger partial charge in [0.2, 0.25) is 0 Å². The Morgan fingerprint density at radius 3 is 2.92 bits per heavy atom. The van der Waals surface area contributed by atoms with Gasteiger partial charge < -0.3 is 5.32 Å². The number of aromatic nitrogens is 2. The van der Waals surface area contributed by atoms with E-state index in [1.165, 1.54) is 5.56 Å². The van der Waals surface area contributed by atoms with Crippen LogP contribution in [0.25, 0.3) is 0 Å². The maximum atomic E-state index is 4.24. The molecular weight excluding hydrogens is 174 g/mol. The average Bonchev–Trinajstić information content (AvgIpc) is 2.29. The second kappa shape index (κ2) is 2.99. The number of hydrogen-bond acceptors (Lipinski definition) is 3. The third-order valence-corrected chi connectivity index (χ3v) is 2.10. The van der Waals surface area contributed by atoms with E-state index < -0.39 is 0 Å². The molecule has 12 heavy (non-hydrogen) atoms. The molecule has 1 aliphatic rings. The minimum atomic E-state index is 0. The highest BCUT2D eigenvalue weighted by Gasteiger charge is 2.30. The lowest BCUT2D eigenvalue weighted by atomic mass is 10.0. The third kappa shape index (κ3) is 1.30. The summed E-state index contributed by atoms with van der Waals surface area (Å²) in [5.74, 6) is 0. The van der Waals surface area contributed by atoms with Gasteiger partial charge in [-0.2, -0.15) is 0 Å². The van der Waals surface area contributed by atoms with Crippen molar-refractivity contribution in [1.29, 1.82) is 0 Å². The molecule has 1 aliphatic heterocycles. The molecule has 2 rings (SSSR count). The van der Waals surface area contributed by atoms with E-state index in [2.05, 4.69) is 29.1 Å². The van der Waals surface area contributed by atoms with E-state index in [1.54, 1.807) is 6.33 Å². The second-order valence-electron chi connectivity index (χ2n) is 3.38. The third-order valence-electron chi connectivity index (χ3n) is 2.10. The van der Waals surface area contributed by atoms with Crippen LogP contribution < -0.4 is 5.32 Å². The number of rotatable bonds is 0. The highest BCUT2D eigenvalue weighted by atomic mass is 35.5. The summed E-state index contributed by atoms with van der Waals surface area (Å²) in [6.45, 7) is 5.15. The first-order valence-electron chi connectivity index (χ1n) is 3.74. The first-order chi connectivity index (χ1) is 5.20. The molecule has 0 saturated carbocycles. The molecule has 0 aliphatic carbocycles. The minimum absolute atomic E-state index is 0. The van der Waals surface area contributed by atoms with Crippen LogP contribution in [0.2, 0.25) is 0 Å². The van der Waals surface area contributed by atoms with Gasteiger partial charge in [0.1, 0.15) is 6.33 Å². The molecule has 1 aromatic heterocycles. The van der Waals surface area contributed by atoms with Crippen LogP contribution in [0.15, 0.2) is 12.5 Å². The summed E-state index contributed by atoms with van der Waals surface area (Å²) >= 11 is 0. The first kappa shape index (κ1) is 9.42. The highest BCUT2D eigenvalue weighted by molar-refractivity contribution is 5.85. The number of hydrogen-bond donors (Lipinski definition) is 1. The monoisotopic (exact) mass is 185 g/mol. The minimum Gasteiger partial charge on any atom is -0.302 e. The van der Waals surface area contributed by atoms with Crippen LogP contribution in [0.3, 0.4) is 0 Å². The van der Waals surface area contributed by atoms with Crippen molar-refractivity contribution in [2.24, 2.45) is 0 Å². The van der Waals surface area contributed by atoms with Crippen molar-refractivity contribution >= 4 is 12.4 Å². The zero-order chi connectivity index (χ0) is 7.90. The summed E-state index contributed by atoms with van der Waals surface area (Å²) in [5, 5.41) is 3.36. The standard InChI is InChI=1S/C8H11N3.ClH/c1-8(2)7-6(4-11-8)3-9-5-10-7;/h3,5,11H,4H2,1-2H3;1H. The van der Waals surface area contributed by atoms with Crippen molar-refractivity contribution in [3.05, 3.63) is 23.8 Å². The Hall–Kier alpha value is -0.670. The predicted molar refractivity (Wildman–Crippen MR) is 49.1 cm³/mol. The fourth-order valence-corrected chi connectivity index (χ4v) is 1.45. The Morgan fingerprint density at radius 1 is 1.50 bits per heavy atom. The van der Waals surface area contributed by atoms with Gasteiger partial charge in [-0.3, -0.25) is 0 Å². The fraction of sp³-hybridized carbons (Fsp3) is 0.500. The van der Waals surface area contributed by atoms with E-state index in [1.807, 2.05) is 6.20 Å². The van der Waals surface area contributed by atoms with Gasteiger partial charge in [-0.1, -0.05) is 0 Å². The fourth-order valence-electron chi connectivity index (χ4n) is 1.45. The van der Waals surface area contributed by atoms with E-state index in [-0.39, 0.29) is 17.9 Å². The summed E-state index contributed by atoms with van der Waals surface area (Å²) in [6.07, 6.45) is 3.48. The quantitative estimate of drug-likeness (QED) is 0.661. The molecule has 0 fully saturated rings. The second-order valence-corrected chi connectivity index (χ2v) is 3.38. The molecule has 0 atom stereocenters. The molecule has 66 valence electrons. The lowest BCUT2D eigenvalue weighted by Crippen LogP contribution is -2.29. The SMILES string of the molecule is CC1(C)NCc2cncnc21.Cl. The van der Waals surface area contributed by atoms with Gasteiger partial charge >= 0.3 is 0 Å². The van der Waals surface area contributed by atoms with Crippen LogP contribution in [0.5, 0.6) is 0 Å². The Morgan fingerprint density at radius 2 is 2.25 bits per heavy atom. The van der Waals surface area contributed by atoms with Crippen LogP contribution >= 0.6 is 12.4 Å². The number of fused-ring (bicyclic) bond motifs is 1. The van der Waals surface area contributed by atoms with Gasteiger partial charge in [0.05, 0.1) is 11.2 Å². The van der Waals surface area contributed by atoms with Crippen molar-refractivity contribution in [1.82, 2.24) is 15.3 Å². The van der Waals surface area contributed by atoms with Gasteiger partial charge in [0, 0.05) is 18.3 Å². The molecule has 0 amide bonds. The number of nitrogens with zero attached hydrogens (tertiary/aromatic N) is 2. The van der Waals surface area contributed by atoms with Crippen LogP contribution in [0, 0.1) is 0 Å². The van der Waals surface area contributed by atoms with Crippen molar-refractivity contribution in [2.75, 3.05) is 0 Å². The van der Waals surface area contributed by atoms with E-state index in [0.717, 1.165) is 12.2 Å². The smallest absolute Gasteiger partial charge is 0.115 e. The number of nitrogens with one attached hydrogen (secondary N) is 1. The largest absolute Gasteiger partial charge is 0.302 e. The zero-order valence-electron chi connectivity index (χ0n) is 7.16. The van der Waals surface area contributed by atoms with Gasteiger partial charge in [0.25, 0.3) is 0 Å². The van der Waals surface area contributed by atoms with Crippen LogP contribution in [0.1, 0.15) is 25.1 Å². The topological polar surface area (TPSA) is 37.8 Å². The van der Waals surface area contributed by atoms with Gasteiger partial charge in [-0.25, -0.2) is 9.97 Å². The van der Waals surface area contributed by atoms with Crippen LogP contribution in [-0.2, 0) is 12.1 Å². The molecule has 2 heterocycles. The Kier molecular flexibility index (Phi) is 2.35. The highest BCUT2D eigenvalue weighted by Crippen LogP contribution is 2.26. The summed E-state index contributed by atoms with van der Waals surface area (Å²) in [5.41, 5.74) is 2.38. The molecule has 0 radical (unpaired) electrons. The number of halogens is 1. The molecule has 1 aromatic rings. The lowest BCUT2D eigenvalue weighted by molar-refractivity contribution is 0.433. The summed E-state index contributed by atoms with van der Waals surface area (Å²) < 4.78 is 0. The molecule has 1 N–H and O–H groups in total. The first-order valence-corrected chi connectivity index (χ1v) is 3.74. The normalized spacial score (nSPS) is 18.2. The predicted octanol–water partition coefficient (Wildman–Crippen LogP) is 1.24. The van der Waals surface area contributed by atoms with Gasteiger partial charge in [-0.05, 0) is 13.8 Å². The molecule has 0 spiro atoms. The Balaban J connectivity index is 0.000000720. The summed E-state index contributed by atoms with van der Waals surface area (Å²) in [4.78, 5) is 8.21. The van der Waals surface area contributed by atoms with E-state index in [4.69, 9.17) is 0 Å². The Labute approximate surface area is 78.0 Å². The van der Waals surface area contributed by atoms with Crippen LogP contribution in [-0.4, -0.2) is 9.97 Å². The van der Waals surface area contributed by atoms with E-state index in [0.29, 0.717) is 0 Å². The van der Waals surface area contributed by atoms with Crippen molar-refractivity contribution in [2.45, 2.75) is 25.9 Å². The maximum Gasteiger partial charge on any atom is 0.115 e. The summed E-state index contributed by atoms with van der Waals surface area (Å²) in [7, 11) is 0. The molecule has 0 bridgehead atoms. The van der Waals surface area contributed by atoms with Gasteiger partial charge in [-0.15, -0.1) is 12.4 Å². The van der Waals surface area contributed by atoms with Crippen molar-refractivity contribution in [3.8, 4) is 0 Å². The molecule has 0 aromatic carbocycles. The molecule has 0 saturated heterocycles. The zero-order valence-corrected chi connectivity index (χ0v) is 7.98. The maximum absolute atomic E-state index is 4.24. The van der Waals surface area contributed by atoms with Crippen LogP contribution in [0.4, 0.5) is 0 Å². The van der Waals surface area contributed by atoms with E-state index >= 15 is 0 Å². The molecule has 3 nitrogen and oxygen atoms in total. The lowest BCUT2D eigenvalue weighted by Gasteiger charge is -2.17. The Bertz CT molecular complexity index is 285. The van der Waals surface area contributed by atoms with Crippen molar-refractivity contribution < 1.29 is 0 Å². The summed E-state index contributed by atoms with van der Waals surface area (Å²) in [6, 6.07) is 0. The van der Waals surface area contributed by atoms with E-state index in [9.17, 15) is 0 Å². The van der Waals surface area contributed by atoms with Gasteiger partial charge in [0.15, 0.2) is 0 Å².